The second-order valence-electron chi connectivity index (χ2n) is 8.75. The predicted molar refractivity (Wildman–Crippen MR) is 130 cm³/mol. The Morgan fingerprint density at radius 3 is 2.23 bits per heavy atom. The molecule has 2 aliphatic rings. The predicted octanol–water partition coefficient (Wildman–Crippen LogP) is -3.18. The molecule has 18 nitrogen and oxygen atoms in total. The summed E-state index contributed by atoms with van der Waals surface area (Å²) in [5.41, 5.74) is 6.60. The third-order valence-electron chi connectivity index (χ3n) is 6.31. The molecule has 2 fully saturated rings. The first-order valence-electron chi connectivity index (χ1n) is 11.4. The molecule has 0 bridgehead atoms. The maximum atomic E-state index is 12.9. The quantitative estimate of drug-likeness (QED) is 0.132. The normalized spacial score (nSPS) is 33.2. The number of terminal acetylenes is 1. The number of aromatic nitrogens is 4. The summed E-state index contributed by atoms with van der Waals surface area (Å²) in [4.78, 5) is 41.9. The lowest BCUT2D eigenvalue weighted by atomic mass is 9.93. The molecule has 2 saturated heterocycles. The van der Waals surface area contributed by atoms with Gasteiger partial charge in [0.25, 0.3) is 0 Å². The molecule has 0 aliphatic carbocycles. The summed E-state index contributed by atoms with van der Waals surface area (Å²) >= 11 is 0. The molecule has 0 spiro atoms. The highest BCUT2D eigenvalue weighted by molar-refractivity contribution is 7.47. The highest BCUT2D eigenvalue weighted by Gasteiger charge is 2.57. The van der Waals surface area contributed by atoms with Gasteiger partial charge in [0.05, 0.1) is 19.3 Å². The van der Waals surface area contributed by atoms with E-state index in [1.165, 1.54) is 18.3 Å². The summed E-state index contributed by atoms with van der Waals surface area (Å²) < 4.78 is 35.7. The van der Waals surface area contributed by atoms with Crippen molar-refractivity contribution in [2.45, 2.75) is 42.5 Å². The number of nitrogens with two attached hydrogens (primary N) is 2. The molecule has 2 aromatic heterocycles. The molecule has 4 rings (SSSR count). The molecular weight excluding hydrogens is 557 g/mol. The van der Waals surface area contributed by atoms with E-state index >= 15 is 0 Å². The highest BCUT2D eigenvalue weighted by Crippen LogP contribution is 2.51. The number of phosphoric ester groups is 1. The number of aliphatic hydroxyl groups excluding tert-OH is 2. The summed E-state index contributed by atoms with van der Waals surface area (Å²) in [6.07, 6.45) is -1.77. The Morgan fingerprint density at radius 1 is 1.15 bits per heavy atom. The van der Waals surface area contributed by atoms with Crippen LogP contribution in [-0.4, -0.2) is 82.5 Å². The Labute approximate surface area is 224 Å². The minimum atomic E-state index is -5.13. The van der Waals surface area contributed by atoms with Gasteiger partial charge < -0.3 is 41.2 Å². The van der Waals surface area contributed by atoms with Crippen molar-refractivity contribution in [3.05, 3.63) is 45.5 Å². The Kier molecular flexibility index (Phi) is 8.11. The number of aliphatic hydroxyl groups is 3. The Morgan fingerprint density at radius 2 is 1.73 bits per heavy atom. The summed E-state index contributed by atoms with van der Waals surface area (Å²) in [5, 5.41) is 40.9. The fourth-order valence-electron chi connectivity index (χ4n) is 4.29. The van der Waals surface area contributed by atoms with Crippen LogP contribution < -0.4 is 22.8 Å². The molecule has 2 aromatic rings. The molecule has 9 atom stereocenters. The van der Waals surface area contributed by atoms with Crippen LogP contribution in [0.4, 0.5) is 11.6 Å². The Hall–Kier alpha value is -3.68. The van der Waals surface area contributed by atoms with Crippen LogP contribution in [0.2, 0.25) is 0 Å². The third kappa shape index (κ3) is 5.36. The number of hydrogen-bond donors (Lipinski definition) is 6. The lowest BCUT2D eigenvalue weighted by Gasteiger charge is -2.26. The standard InChI is InChI=1S/C21H24N7O11P/c1-2-21(33)12(38-18(16(21)30)28-6-4-14(24)26-20(28)32)9-36-40(34,35)39-15-10(7-22)17(37-11(15)8-29)27-5-3-13(23)25-19(27)31/h1,3-6,10-12,15-18,29-30,33H,8-9H2,(H,34,35)(H2,23,25,31)(H2,24,26,32)/t10-,11+,12-,15-,16+,17+,18-,21-/m0/s1. The first kappa shape index (κ1) is 29.3. The molecule has 0 amide bonds. The average molecular weight is 581 g/mol. The molecule has 1 unspecified atom stereocenters. The summed E-state index contributed by atoms with van der Waals surface area (Å²) in [5.74, 6) is 0.302. The first-order valence-corrected chi connectivity index (χ1v) is 12.9. The largest absolute Gasteiger partial charge is 0.472 e. The number of nitrogens with zero attached hydrogens (tertiary/aromatic N) is 5. The van der Waals surface area contributed by atoms with Gasteiger partial charge >= 0.3 is 19.2 Å². The van der Waals surface area contributed by atoms with Crippen molar-refractivity contribution >= 4 is 19.5 Å². The van der Waals surface area contributed by atoms with Crippen LogP contribution in [0.15, 0.2) is 34.1 Å². The van der Waals surface area contributed by atoms with Crippen molar-refractivity contribution in [1.29, 1.82) is 5.26 Å². The van der Waals surface area contributed by atoms with Gasteiger partial charge in [-0.15, -0.1) is 6.42 Å². The van der Waals surface area contributed by atoms with Gasteiger partial charge in [0.1, 0.15) is 42.0 Å². The number of ether oxygens (including phenoxy) is 2. The van der Waals surface area contributed by atoms with E-state index < -0.39 is 80.8 Å². The summed E-state index contributed by atoms with van der Waals surface area (Å²) in [7, 11) is -5.13. The van der Waals surface area contributed by atoms with Crippen molar-refractivity contribution in [1.82, 2.24) is 19.1 Å². The Bertz CT molecular complexity index is 1520. The SMILES string of the molecule is C#C[C@]1(O)[C@H](COP(=O)(O)O[C@H]2[C@H](C#N)[C@H](n3ccc(N)nc3=O)O[C@@H]2CO)O[C@H](n2ccc(N)nc2=O)[C@H]1O. The maximum absolute atomic E-state index is 12.9. The second-order valence-corrected chi connectivity index (χ2v) is 10.2. The minimum absolute atomic E-state index is 0.0986. The van der Waals surface area contributed by atoms with Gasteiger partial charge in [0, 0.05) is 12.4 Å². The van der Waals surface area contributed by atoms with Crippen LogP contribution in [0.5, 0.6) is 0 Å². The van der Waals surface area contributed by atoms with Crippen LogP contribution in [0, 0.1) is 29.6 Å². The van der Waals surface area contributed by atoms with E-state index in [1.807, 2.05) is 12.0 Å². The zero-order valence-corrected chi connectivity index (χ0v) is 21.2. The molecule has 8 N–H and O–H groups in total. The van der Waals surface area contributed by atoms with Crippen molar-refractivity contribution in [3.63, 3.8) is 0 Å². The number of phosphoric acid groups is 1. The zero-order valence-electron chi connectivity index (χ0n) is 20.3. The first-order chi connectivity index (χ1) is 18.8. The van der Waals surface area contributed by atoms with Gasteiger partial charge in [0.15, 0.2) is 18.1 Å². The van der Waals surface area contributed by atoms with E-state index in [9.17, 15) is 39.6 Å². The monoisotopic (exact) mass is 581 g/mol. The number of nitrogen functional groups attached to an aromatic ring is 2. The molecule has 40 heavy (non-hydrogen) atoms. The van der Waals surface area contributed by atoms with E-state index in [1.54, 1.807) is 0 Å². The molecule has 4 heterocycles. The summed E-state index contributed by atoms with van der Waals surface area (Å²) in [6.45, 7) is -1.73. The van der Waals surface area contributed by atoms with E-state index in [4.69, 9.17) is 36.4 Å². The third-order valence-corrected chi connectivity index (χ3v) is 7.30. The van der Waals surface area contributed by atoms with Crippen LogP contribution in [0.1, 0.15) is 12.5 Å². The lowest BCUT2D eigenvalue weighted by molar-refractivity contribution is -0.0681. The van der Waals surface area contributed by atoms with Gasteiger partial charge in [-0.2, -0.15) is 15.2 Å². The smallest absolute Gasteiger partial charge is 0.394 e. The summed E-state index contributed by atoms with van der Waals surface area (Å²) in [6, 6.07) is 4.29. The average Bonchev–Trinajstić information content (AvgIpc) is 3.36. The molecule has 0 aromatic carbocycles. The lowest BCUT2D eigenvalue weighted by Crippen LogP contribution is -2.48. The fraction of sp³-hybridized carbons (Fsp3) is 0.476. The second kappa shape index (κ2) is 11.1. The molecule has 0 radical (unpaired) electrons. The van der Waals surface area contributed by atoms with Crippen molar-refractivity contribution in [3.8, 4) is 18.4 Å². The molecule has 0 saturated carbocycles. The van der Waals surface area contributed by atoms with Gasteiger partial charge in [-0.25, -0.2) is 14.2 Å². The number of rotatable bonds is 8. The van der Waals surface area contributed by atoms with Crippen molar-refractivity contribution < 1.29 is 43.3 Å². The number of hydrogen-bond acceptors (Lipinski definition) is 15. The molecular formula is C21H24N7O11P. The molecule has 2 aliphatic heterocycles. The van der Waals surface area contributed by atoms with E-state index in [0.717, 1.165) is 15.3 Å². The topological polar surface area (TPSA) is 281 Å². The van der Waals surface area contributed by atoms with Crippen LogP contribution in [0.3, 0.4) is 0 Å². The number of nitriles is 1. The Balaban J connectivity index is 1.51. The van der Waals surface area contributed by atoms with Gasteiger partial charge in [-0.05, 0) is 12.1 Å². The van der Waals surface area contributed by atoms with Crippen LogP contribution >= 0.6 is 7.82 Å². The van der Waals surface area contributed by atoms with Crippen LogP contribution in [0.25, 0.3) is 0 Å². The maximum Gasteiger partial charge on any atom is 0.472 e. The fourth-order valence-corrected chi connectivity index (χ4v) is 5.25. The van der Waals surface area contributed by atoms with Crippen LogP contribution in [-0.2, 0) is 23.1 Å². The van der Waals surface area contributed by atoms with E-state index in [0.29, 0.717) is 0 Å². The van der Waals surface area contributed by atoms with E-state index in [2.05, 4.69) is 9.97 Å². The molecule has 214 valence electrons. The van der Waals surface area contributed by atoms with Crippen molar-refractivity contribution in [2.24, 2.45) is 5.92 Å². The van der Waals surface area contributed by atoms with Gasteiger partial charge in [-0.1, -0.05) is 5.92 Å². The van der Waals surface area contributed by atoms with Gasteiger partial charge in [0.2, 0.25) is 0 Å². The molecule has 19 heteroatoms. The van der Waals surface area contributed by atoms with Crippen molar-refractivity contribution in [2.75, 3.05) is 24.7 Å². The van der Waals surface area contributed by atoms with Gasteiger partial charge in [-0.3, -0.25) is 18.2 Å². The zero-order chi connectivity index (χ0) is 29.4. The highest BCUT2D eigenvalue weighted by atomic mass is 31.2. The number of anilines is 2. The van der Waals surface area contributed by atoms with E-state index in [-0.39, 0.29) is 11.6 Å². The minimum Gasteiger partial charge on any atom is -0.394 e.